The highest BCUT2D eigenvalue weighted by Crippen LogP contribution is 2.20. The van der Waals surface area contributed by atoms with Crippen molar-refractivity contribution in [1.82, 2.24) is 15.0 Å². The number of aromatic amines is 1. The molecular formula is C21H16ClN3O. The molecule has 3 aromatic heterocycles. The fourth-order valence-corrected chi connectivity index (χ4v) is 3.23. The first kappa shape index (κ1) is 16.5. The molecule has 0 aliphatic carbocycles. The number of H-pyrrole nitrogens is 1. The first-order valence-electron chi connectivity index (χ1n) is 8.33. The average Bonchev–Trinajstić information content (AvgIpc) is 3.07. The number of fused-ring (bicyclic) bond motifs is 1. The van der Waals surface area contributed by atoms with Gasteiger partial charge < -0.3 is 4.98 Å². The number of nitrogens with one attached hydrogen (secondary N) is 1. The Morgan fingerprint density at radius 2 is 1.92 bits per heavy atom. The number of ketones is 1. The standard InChI is InChI=1S/C21H16ClN3O/c22-19-6-2-1-4-18(19)20(26)11-16-8-7-14(12-24-16)10-15-13-25-21-17(15)5-3-9-23-21/h1-9,12-13H,10-11H2,(H,23,25). The molecule has 4 rings (SSSR count). The van der Waals surface area contributed by atoms with E-state index in [-0.39, 0.29) is 12.2 Å². The van der Waals surface area contributed by atoms with E-state index >= 15 is 0 Å². The van der Waals surface area contributed by atoms with E-state index in [2.05, 4.69) is 21.0 Å². The number of Topliss-reactive ketones (excluding diaryl/α,β-unsaturated/α-hetero) is 1. The Bertz CT molecular complexity index is 1070. The minimum atomic E-state index is -0.0291. The van der Waals surface area contributed by atoms with E-state index < -0.39 is 0 Å². The Labute approximate surface area is 155 Å². The number of hydrogen-bond donors (Lipinski definition) is 1. The third kappa shape index (κ3) is 3.37. The third-order valence-electron chi connectivity index (χ3n) is 4.33. The summed E-state index contributed by atoms with van der Waals surface area (Å²) in [4.78, 5) is 24.3. The number of pyridine rings is 2. The van der Waals surface area contributed by atoms with Crippen LogP contribution in [0.2, 0.25) is 5.02 Å². The fourth-order valence-electron chi connectivity index (χ4n) is 2.99. The van der Waals surface area contributed by atoms with Gasteiger partial charge in [0.15, 0.2) is 5.78 Å². The van der Waals surface area contributed by atoms with Gasteiger partial charge in [-0.25, -0.2) is 4.98 Å². The van der Waals surface area contributed by atoms with Crippen LogP contribution in [0.15, 0.2) is 67.1 Å². The van der Waals surface area contributed by atoms with E-state index in [1.807, 2.05) is 42.7 Å². The van der Waals surface area contributed by atoms with Gasteiger partial charge in [-0.05, 0) is 41.5 Å². The lowest BCUT2D eigenvalue weighted by atomic mass is 10.0. The van der Waals surface area contributed by atoms with Crippen molar-refractivity contribution >= 4 is 28.4 Å². The maximum Gasteiger partial charge on any atom is 0.170 e. The Morgan fingerprint density at radius 3 is 2.73 bits per heavy atom. The maximum atomic E-state index is 12.4. The number of carbonyl (C=O) groups is 1. The number of nitrogens with zero attached hydrogens (tertiary/aromatic N) is 2. The molecule has 3 heterocycles. The van der Waals surface area contributed by atoms with E-state index in [0.717, 1.165) is 28.7 Å². The van der Waals surface area contributed by atoms with Gasteiger partial charge in [-0.1, -0.05) is 29.8 Å². The van der Waals surface area contributed by atoms with E-state index in [9.17, 15) is 4.79 Å². The molecule has 0 aliphatic rings. The highest BCUT2D eigenvalue weighted by atomic mass is 35.5. The van der Waals surface area contributed by atoms with Gasteiger partial charge in [0.25, 0.3) is 0 Å². The van der Waals surface area contributed by atoms with Gasteiger partial charge >= 0.3 is 0 Å². The molecule has 5 heteroatoms. The van der Waals surface area contributed by atoms with Gasteiger partial charge in [-0.15, -0.1) is 0 Å². The van der Waals surface area contributed by atoms with Crippen molar-refractivity contribution in [3.8, 4) is 0 Å². The van der Waals surface area contributed by atoms with E-state index in [1.165, 1.54) is 5.56 Å². The number of carbonyl (C=O) groups excluding carboxylic acids is 1. The van der Waals surface area contributed by atoms with Crippen LogP contribution in [-0.2, 0) is 12.8 Å². The summed E-state index contributed by atoms with van der Waals surface area (Å²) in [5.74, 6) is -0.0291. The molecule has 0 amide bonds. The molecule has 0 fully saturated rings. The van der Waals surface area contributed by atoms with Crippen LogP contribution in [-0.4, -0.2) is 20.7 Å². The quantitative estimate of drug-likeness (QED) is 0.527. The Balaban J connectivity index is 1.48. The maximum absolute atomic E-state index is 12.4. The highest BCUT2D eigenvalue weighted by molar-refractivity contribution is 6.34. The van der Waals surface area contributed by atoms with Crippen LogP contribution in [0.1, 0.15) is 27.2 Å². The number of rotatable bonds is 5. The van der Waals surface area contributed by atoms with E-state index in [4.69, 9.17) is 11.6 Å². The van der Waals surface area contributed by atoms with Crippen LogP contribution in [0.3, 0.4) is 0 Å². The van der Waals surface area contributed by atoms with Crippen molar-refractivity contribution in [3.05, 3.63) is 94.5 Å². The van der Waals surface area contributed by atoms with Crippen LogP contribution in [0.4, 0.5) is 0 Å². The first-order chi connectivity index (χ1) is 12.7. The topological polar surface area (TPSA) is 58.6 Å². The largest absolute Gasteiger partial charge is 0.346 e. The predicted molar refractivity (Wildman–Crippen MR) is 103 cm³/mol. The van der Waals surface area contributed by atoms with Crippen LogP contribution in [0.25, 0.3) is 11.0 Å². The zero-order chi connectivity index (χ0) is 17.9. The normalized spacial score (nSPS) is 11.0. The smallest absolute Gasteiger partial charge is 0.170 e. The molecular weight excluding hydrogens is 346 g/mol. The van der Waals surface area contributed by atoms with Gasteiger partial charge in [0, 0.05) is 41.7 Å². The number of halogens is 1. The summed E-state index contributed by atoms with van der Waals surface area (Å²) >= 11 is 6.09. The second kappa shape index (κ2) is 7.10. The van der Waals surface area contributed by atoms with Crippen molar-refractivity contribution in [3.63, 3.8) is 0 Å². The van der Waals surface area contributed by atoms with Crippen LogP contribution < -0.4 is 0 Å². The molecule has 0 saturated heterocycles. The van der Waals surface area contributed by atoms with Crippen molar-refractivity contribution < 1.29 is 4.79 Å². The summed E-state index contributed by atoms with van der Waals surface area (Å²) < 4.78 is 0. The number of aromatic nitrogens is 3. The summed E-state index contributed by atoms with van der Waals surface area (Å²) in [5, 5.41) is 1.59. The van der Waals surface area contributed by atoms with Gasteiger partial charge in [-0.2, -0.15) is 0 Å². The predicted octanol–water partition coefficient (Wildman–Crippen LogP) is 4.63. The molecule has 4 aromatic rings. The average molecular weight is 362 g/mol. The molecule has 1 aromatic carbocycles. The van der Waals surface area contributed by atoms with Gasteiger partial charge in [0.2, 0.25) is 0 Å². The van der Waals surface area contributed by atoms with Crippen LogP contribution in [0.5, 0.6) is 0 Å². The zero-order valence-corrected chi connectivity index (χ0v) is 14.7. The van der Waals surface area contributed by atoms with Gasteiger partial charge in [0.1, 0.15) is 5.65 Å². The summed E-state index contributed by atoms with van der Waals surface area (Å²) in [6.07, 6.45) is 6.57. The molecule has 0 bridgehead atoms. The Morgan fingerprint density at radius 1 is 1.04 bits per heavy atom. The molecule has 0 radical (unpaired) electrons. The minimum absolute atomic E-state index is 0.0291. The Kier molecular flexibility index (Phi) is 4.50. The number of hydrogen-bond acceptors (Lipinski definition) is 3. The molecule has 0 unspecified atom stereocenters. The van der Waals surface area contributed by atoms with Crippen molar-refractivity contribution in [2.24, 2.45) is 0 Å². The molecule has 0 saturated carbocycles. The Hall–Kier alpha value is -2.98. The lowest BCUT2D eigenvalue weighted by Gasteiger charge is -2.05. The van der Waals surface area contributed by atoms with Crippen molar-refractivity contribution in [2.45, 2.75) is 12.8 Å². The molecule has 26 heavy (non-hydrogen) atoms. The lowest BCUT2D eigenvalue weighted by Crippen LogP contribution is -2.06. The van der Waals surface area contributed by atoms with Crippen LogP contribution >= 0.6 is 11.6 Å². The van der Waals surface area contributed by atoms with Gasteiger partial charge in [-0.3, -0.25) is 9.78 Å². The minimum Gasteiger partial charge on any atom is -0.346 e. The van der Waals surface area contributed by atoms with Crippen LogP contribution in [0, 0.1) is 0 Å². The molecule has 0 spiro atoms. The molecule has 128 valence electrons. The SMILES string of the molecule is O=C(Cc1ccc(Cc2c[nH]c3ncccc23)cn1)c1ccccc1Cl. The summed E-state index contributed by atoms with van der Waals surface area (Å²) in [6, 6.07) is 15.0. The van der Waals surface area contributed by atoms with Crippen molar-refractivity contribution in [1.29, 1.82) is 0 Å². The second-order valence-electron chi connectivity index (χ2n) is 6.13. The monoisotopic (exact) mass is 361 g/mol. The van der Waals surface area contributed by atoms with Crippen molar-refractivity contribution in [2.75, 3.05) is 0 Å². The van der Waals surface area contributed by atoms with E-state index in [0.29, 0.717) is 10.6 Å². The highest BCUT2D eigenvalue weighted by Gasteiger charge is 2.11. The second-order valence-corrected chi connectivity index (χ2v) is 6.54. The zero-order valence-electron chi connectivity index (χ0n) is 13.9. The summed E-state index contributed by atoms with van der Waals surface area (Å²) in [7, 11) is 0. The van der Waals surface area contributed by atoms with Gasteiger partial charge in [0.05, 0.1) is 11.4 Å². The van der Waals surface area contributed by atoms with E-state index in [1.54, 1.807) is 18.3 Å². The number of benzene rings is 1. The first-order valence-corrected chi connectivity index (χ1v) is 8.71. The molecule has 4 nitrogen and oxygen atoms in total. The molecule has 0 aliphatic heterocycles. The summed E-state index contributed by atoms with van der Waals surface area (Å²) in [6.45, 7) is 0. The lowest BCUT2D eigenvalue weighted by molar-refractivity contribution is 0.0992. The molecule has 0 atom stereocenters. The summed E-state index contributed by atoms with van der Waals surface area (Å²) in [5.41, 5.74) is 4.42. The molecule has 1 N–H and O–H groups in total. The third-order valence-corrected chi connectivity index (χ3v) is 4.66. The fraction of sp³-hybridized carbons (Fsp3) is 0.0952.